The van der Waals surface area contributed by atoms with E-state index in [1.54, 1.807) is 24.7 Å². The average Bonchev–Trinajstić information content (AvgIpc) is 3.34. The molecule has 0 aliphatic carbocycles. The van der Waals surface area contributed by atoms with Crippen molar-refractivity contribution < 1.29 is 14.4 Å². The third kappa shape index (κ3) is 3.74. The summed E-state index contributed by atoms with van der Waals surface area (Å²) in [5.74, 6) is -1.00. The highest BCUT2D eigenvalue weighted by atomic mass is 16.7. The second kappa shape index (κ2) is 7.30. The van der Waals surface area contributed by atoms with Crippen LogP contribution < -0.4 is 0 Å². The minimum Gasteiger partial charge on any atom is -0.342 e. The van der Waals surface area contributed by atoms with E-state index in [0.717, 1.165) is 12.0 Å². The van der Waals surface area contributed by atoms with Crippen LogP contribution in [-0.2, 0) is 28.2 Å². The SMILES string of the molecule is O=[N+]([O-])c1ccc(C2(Cn3ccnc3)OCC(Cc3ccccc3)O2)cc1. The van der Waals surface area contributed by atoms with Gasteiger partial charge in [0.05, 0.1) is 30.5 Å². The van der Waals surface area contributed by atoms with Gasteiger partial charge in [-0.3, -0.25) is 10.1 Å². The summed E-state index contributed by atoms with van der Waals surface area (Å²) in [5, 5.41) is 11.0. The molecule has 7 heteroatoms. The number of nitro benzene ring substituents is 1. The zero-order valence-corrected chi connectivity index (χ0v) is 14.6. The first-order chi connectivity index (χ1) is 13.1. The molecule has 1 aliphatic rings. The zero-order valence-electron chi connectivity index (χ0n) is 14.6. The Morgan fingerprint density at radius 1 is 1.19 bits per heavy atom. The number of ether oxygens (including phenoxy) is 2. The van der Waals surface area contributed by atoms with Crippen molar-refractivity contribution in [3.8, 4) is 0 Å². The molecule has 2 aromatic carbocycles. The third-order valence-corrected chi connectivity index (χ3v) is 4.63. The molecular formula is C20H19N3O4. The van der Waals surface area contributed by atoms with Gasteiger partial charge in [-0.25, -0.2) is 4.98 Å². The number of hydrogen-bond donors (Lipinski definition) is 0. The van der Waals surface area contributed by atoms with Crippen molar-refractivity contribution >= 4 is 5.69 Å². The lowest BCUT2D eigenvalue weighted by Crippen LogP contribution is -2.33. The van der Waals surface area contributed by atoms with E-state index in [0.29, 0.717) is 13.2 Å². The Labute approximate surface area is 156 Å². The van der Waals surface area contributed by atoms with Gasteiger partial charge in [0.2, 0.25) is 5.79 Å². The molecule has 0 bridgehead atoms. The maximum Gasteiger partial charge on any atom is 0.269 e. The zero-order chi connectivity index (χ0) is 18.7. The lowest BCUT2D eigenvalue weighted by Gasteiger charge is -2.29. The Hall–Kier alpha value is -3.03. The Balaban J connectivity index is 1.60. The second-order valence-electron chi connectivity index (χ2n) is 6.53. The maximum absolute atomic E-state index is 11.0. The largest absolute Gasteiger partial charge is 0.342 e. The number of aromatic nitrogens is 2. The fourth-order valence-corrected chi connectivity index (χ4v) is 3.33. The predicted molar refractivity (Wildman–Crippen MR) is 98.0 cm³/mol. The number of non-ortho nitro benzene ring substituents is 1. The first kappa shape index (κ1) is 17.4. The summed E-state index contributed by atoms with van der Waals surface area (Å²) in [4.78, 5) is 14.6. The highest BCUT2D eigenvalue weighted by Gasteiger charge is 2.43. The standard InChI is InChI=1S/C20H19N3O4/c24-23(25)18-8-6-17(7-9-18)20(14-22-11-10-21-15-22)26-13-19(27-20)12-16-4-2-1-3-5-16/h1-11,15,19H,12-14H2. The summed E-state index contributed by atoms with van der Waals surface area (Å²) in [6, 6.07) is 16.4. The van der Waals surface area contributed by atoms with Gasteiger partial charge in [-0.2, -0.15) is 0 Å². The lowest BCUT2D eigenvalue weighted by molar-refractivity contribution is -0.384. The molecule has 0 amide bonds. The molecule has 1 aromatic heterocycles. The van der Waals surface area contributed by atoms with E-state index < -0.39 is 10.7 Å². The monoisotopic (exact) mass is 365 g/mol. The fourth-order valence-electron chi connectivity index (χ4n) is 3.33. The van der Waals surface area contributed by atoms with E-state index in [1.165, 1.54) is 17.7 Å². The van der Waals surface area contributed by atoms with E-state index in [9.17, 15) is 10.1 Å². The van der Waals surface area contributed by atoms with Crippen molar-refractivity contribution in [3.63, 3.8) is 0 Å². The van der Waals surface area contributed by atoms with Gasteiger partial charge in [0.15, 0.2) is 0 Å². The maximum atomic E-state index is 11.0. The molecule has 2 unspecified atom stereocenters. The van der Waals surface area contributed by atoms with Crippen LogP contribution in [0.3, 0.4) is 0 Å². The van der Waals surface area contributed by atoms with Crippen molar-refractivity contribution in [2.75, 3.05) is 6.61 Å². The molecule has 0 radical (unpaired) electrons. The summed E-state index contributed by atoms with van der Waals surface area (Å²) in [6.07, 6.45) is 5.86. The van der Waals surface area contributed by atoms with Crippen LogP contribution in [0.15, 0.2) is 73.3 Å². The first-order valence-corrected chi connectivity index (χ1v) is 8.71. The Bertz CT molecular complexity index is 897. The third-order valence-electron chi connectivity index (χ3n) is 4.63. The number of nitro groups is 1. The normalized spacial score (nSPS) is 22.0. The van der Waals surface area contributed by atoms with E-state index >= 15 is 0 Å². The van der Waals surface area contributed by atoms with Crippen LogP contribution in [0.25, 0.3) is 0 Å². The lowest BCUT2D eigenvalue weighted by atomic mass is 10.0. The van der Waals surface area contributed by atoms with E-state index in [2.05, 4.69) is 17.1 Å². The quantitative estimate of drug-likeness (QED) is 0.495. The van der Waals surface area contributed by atoms with Crippen LogP contribution in [0, 0.1) is 10.1 Å². The Morgan fingerprint density at radius 2 is 1.96 bits per heavy atom. The highest BCUT2D eigenvalue weighted by Crippen LogP contribution is 2.37. The molecule has 0 saturated carbocycles. The van der Waals surface area contributed by atoms with Gasteiger partial charge in [0.25, 0.3) is 5.69 Å². The fraction of sp³-hybridized carbons (Fsp3) is 0.250. The predicted octanol–water partition coefficient (Wildman–Crippen LogP) is 3.30. The second-order valence-corrected chi connectivity index (χ2v) is 6.53. The van der Waals surface area contributed by atoms with Gasteiger partial charge in [0, 0.05) is 36.5 Å². The highest BCUT2D eigenvalue weighted by molar-refractivity contribution is 5.35. The molecule has 0 N–H and O–H groups in total. The molecule has 7 nitrogen and oxygen atoms in total. The van der Waals surface area contributed by atoms with Crippen LogP contribution in [-0.4, -0.2) is 27.2 Å². The summed E-state index contributed by atoms with van der Waals surface area (Å²) in [5.41, 5.74) is 1.96. The van der Waals surface area contributed by atoms with Crippen molar-refractivity contribution in [3.05, 3.63) is 94.6 Å². The minimum atomic E-state index is -1.00. The van der Waals surface area contributed by atoms with E-state index in [4.69, 9.17) is 9.47 Å². The molecule has 1 saturated heterocycles. The average molecular weight is 365 g/mol. The van der Waals surface area contributed by atoms with Gasteiger partial charge < -0.3 is 14.0 Å². The molecular weight excluding hydrogens is 346 g/mol. The summed E-state index contributed by atoms with van der Waals surface area (Å²) in [7, 11) is 0. The number of benzene rings is 2. The molecule has 138 valence electrons. The molecule has 2 heterocycles. The summed E-state index contributed by atoms with van der Waals surface area (Å²) in [6.45, 7) is 0.858. The van der Waals surface area contributed by atoms with Gasteiger partial charge in [0.1, 0.15) is 0 Å². The van der Waals surface area contributed by atoms with Gasteiger partial charge in [-0.05, 0) is 17.7 Å². The molecule has 4 rings (SSSR count). The van der Waals surface area contributed by atoms with Crippen molar-refractivity contribution in [1.29, 1.82) is 0 Å². The van der Waals surface area contributed by atoms with Crippen LogP contribution >= 0.6 is 0 Å². The Kier molecular flexibility index (Phi) is 4.70. The first-order valence-electron chi connectivity index (χ1n) is 8.71. The molecule has 1 fully saturated rings. The Morgan fingerprint density at radius 3 is 2.63 bits per heavy atom. The summed E-state index contributed by atoms with van der Waals surface area (Å²) >= 11 is 0. The smallest absolute Gasteiger partial charge is 0.269 e. The van der Waals surface area contributed by atoms with Crippen LogP contribution in [0.1, 0.15) is 11.1 Å². The molecule has 1 aliphatic heterocycles. The summed E-state index contributed by atoms with van der Waals surface area (Å²) < 4.78 is 14.4. The van der Waals surface area contributed by atoms with Crippen molar-refractivity contribution in [1.82, 2.24) is 9.55 Å². The van der Waals surface area contributed by atoms with E-state index in [1.807, 2.05) is 29.0 Å². The number of rotatable bonds is 6. The molecule has 27 heavy (non-hydrogen) atoms. The minimum absolute atomic E-state index is 0.0374. The molecule has 0 spiro atoms. The molecule has 3 aromatic rings. The number of imidazole rings is 1. The van der Waals surface area contributed by atoms with Crippen LogP contribution in [0.4, 0.5) is 5.69 Å². The van der Waals surface area contributed by atoms with Crippen molar-refractivity contribution in [2.24, 2.45) is 0 Å². The van der Waals surface area contributed by atoms with Gasteiger partial charge in [-0.1, -0.05) is 30.3 Å². The van der Waals surface area contributed by atoms with E-state index in [-0.39, 0.29) is 11.8 Å². The topological polar surface area (TPSA) is 79.4 Å². The number of nitrogens with zero attached hydrogens (tertiary/aromatic N) is 3. The van der Waals surface area contributed by atoms with Crippen LogP contribution in [0.2, 0.25) is 0 Å². The van der Waals surface area contributed by atoms with Gasteiger partial charge >= 0.3 is 0 Å². The van der Waals surface area contributed by atoms with Gasteiger partial charge in [-0.15, -0.1) is 0 Å². The van der Waals surface area contributed by atoms with Crippen molar-refractivity contribution in [2.45, 2.75) is 24.9 Å². The molecule has 2 atom stereocenters. The number of hydrogen-bond acceptors (Lipinski definition) is 5. The van der Waals surface area contributed by atoms with Crippen LogP contribution in [0.5, 0.6) is 0 Å².